The van der Waals surface area contributed by atoms with Crippen LogP contribution < -0.4 is 5.32 Å². The van der Waals surface area contributed by atoms with Gasteiger partial charge in [-0.2, -0.15) is 5.10 Å². The maximum Gasteiger partial charge on any atom is 0.223 e. The number of aromatic nitrogens is 2. The number of pyridine rings is 1. The molecule has 0 bridgehead atoms. The highest BCUT2D eigenvalue weighted by molar-refractivity contribution is 5.78. The number of nitrogens with zero attached hydrogens (tertiary/aromatic N) is 2. The average Bonchev–Trinajstić information content (AvgIpc) is 3.04. The van der Waals surface area contributed by atoms with Gasteiger partial charge in [0.05, 0.1) is 17.8 Å². The van der Waals surface area contributed by atoms with Crippen LogP contribution in [-0.4, -0.2) is 15.5 Å². The Morgan fingerprint density at radius 1 is 1.39 bits per heavy atom. The van der Waals surface area contributed by atoms with E-state index >= 15 is 0 Å². The molecule has 0 spiro atoms. The highest BCUT2D eigenvalue weighted by Crippen LogP contribution is 2.24. The van der Waals surface area contributed by atoms with Crippen LogP contribution in [0.5, 0.6) is 0 Å². The third-order valence-corrected chi connectivity index (χ3v) is 3.59. The molecule has 0 atom stereocenters. The van der Waals surface area contributed by atoms with E-state index in [1.54, 1.807) is 0 Å². The van der Waals surface area contributed by atoms with E-state index < -0.39 is 0 Å². The Hall–Kier alpha value is -1.84. The molecule has 0 unspecified atom stereocenters. The molecular weight excluding hydrogens is 226 g/mol. The van der Waals surface area contributed by atoms with E-state index in [1.807, 2.05) is 35.0 Å². The number of hydrogen-bond donors (Lipinski definition) is 1. The lowest BCUT2D eigenvalue weighted by atomic mass is 10.1. The minimum Gasteiger partial charge on any atom is -0.350 e. The van der Waals surface area contributed by atoms with E-state index in [-0.39, 0.29) is 11.8 Å². The topological polar surface area (TPSA) is 46.4 Å². The number of nitrogens with one attached hydrogen (secondary N) is 1. The summed E-state index contributed by atoms with van der Waals surface area (Å²) < 4.78 is 1.83. The summed E-state index contributed by atoms with van der Waals surface area (Å²) in [6.45, 7) is 0.525. The van der Waals surface area contributed by atoms with Crippen molar-refractivity contribution < 1.29 is 4.79 Å². The quantitative estimate of drug-likeness (QED) is 0.897. The van der Waals surface area contributed by atoms with Gasteiger partial charge >= 0.3 is 0 Å². The fraction of sp³-hybridized carbons (Fsp3) is 0.429. The van der Waals surface area contributed by atoms with Gasteiger partial charge in [0.1, 0.15) is 0 Å². The molecule has 4 heteroatoms. The summed E-state index contributed by atoms with van der Waals surface area (Å²) in [6, 6.07) is 7.95. The maximum atomic E-state index is 11.9. The van der Waals surface area contributed by atoms with E-state index in [4.69, 9.17) is 0 Å². The maximum absolute atomic E-state index is 11.9. The molecule has 1 fully saturated rings. The Balaban J connectivity index is 1.63. The van der Waals surface area contributed by atoms with E-state index in [0.29, 0.717) is 6.54 Å². The van der Waals surface area contributed by atoms with Crippen LogP contribution in [0.1, 0.15) is 31.4 Å². The predicted octanol–water partition coefficient (Wildman–Crippen LogP) is 2.14. The standard InChI is InChI=1S/C14H17N3O/c18-14(11-5-1-2-6-11)15-10-12-9-13-7-3-4-8-17(13)16-12/h3-4,7-9,11H,1-2,5-6,10H2,(H,15,18). The molecule has 4 nitrogen and oxygen atoms in total. The van der Waals surface area contributed by atoms with Crippen LogP contribution in [-0.2, 0) is 11.3 Å². The second-order valence-electron chi connectivity index (χ2n) is 4.90. The van der Waals surface area contributed by atoms with Gasteiger partial charge in [0, 0.05) is 12.1 Å². The van der Waals surface area contributed by atoms with Crippen molar-refractivity contribution in [2.24, 2.45) is 5.92 Å². The van der Waals surface area contributed by atoms with Crippen molar-refractivity contribution in [3.63, 3.8) is 0 Å². The van der Waals surface area contributed by atoms with Crippen molar-refractivity contribution in [1.29, 1.82) is 0 Å². The van der Waals surface area contributed by atoms with E-state index in [2.05, 4.69) is 10.4 Å². The minimum atomic E-state index is 0.185. The summed E-state index contributed by atoms with van der Waals surface area (Å²) in [5.41, 5.74) is 1.97. The van der Waals surface area contributed by atoms with Crippen molar-refractivity contribution in [1.82, 2.24) is 14.9 Å². The Labute approximate surface area is 106 Å². The SMILES string of the molecule is O=C(NCc1cc2ccccn2n1)C1CCCC1. The first kappa shape index (κ1) is 11.3. The lowest BCUT2D eigenvalue weighted by Crippen LogP contribution is -2.28. The molecule has 2 aromatic heterocycles. The third-order valence-electron chi connectivity index (χ3n) is 3.59. The molecule has 1 N–H and O–H groups in total. The second kappa shape index (κ2) is 4.80. The van der Waals surface area contributed by atoms with Gasteiger partial charge < -0.3 is 5.32 Å². The van der Waals surface area contributed by atoms with Crippen LogP contribution in [0.15, 0.2) is 30.5 Å². The summed E-state index contributed by atoms with van der Waals surface area (Å²) in [7, 11) is 0. The number of amides is 1. The predicted molar refractivity (Wildman–Crippen MR) is 69.0 cm³/mol. The number of hydrogen-bond acceptors (Lipinski definition) is 2. The molecule has 0 radical (unpaired) electrons. The average molecular weight is 243 g/mol. The summed E-state index contributed by atoms with van der Waals surface area (Å²) in [5.74, 6) is 0.409. The first-order valence-corrected chi connectivity index (χ1v) is 6.54. The van der Waals surface area contributed by atoms with Crippen LogP contribution in [0.4, 0.5) is 0 Å². The van der Waals surface area contributed by atoms with E-state index in [0.717, 1.165) is 24.1 Å². The van der Waals surface area contributed by atoms with Crippen molar-refractivity contribution in [3.8, 4) is 0 Å². The molecule has 3 rings (SSSR count). The molecule has 94 valence electrons. The number of fused-ring (bicyclic) bond motifs is 1. The van der Waals surface area contributed by atoms with Crippen LogP contribution in [0.2, 0.25) is 0 Å². The minimum absolute atomic E-state index is 0.185. The first-order valence-electron chi connectivity index (χ1n) is 6.54. The monoisotopic (exact) mass is 243 g/mol. The Kier molecular flexibility index (Phi) is 3.00. The van der Waals surface area contributed by atoms with Crippen LogP contribution in [0.25, 0.3) is 5.52 Å². The number of carbonyl (C=O) groups is 1. The van der Waals surface area contributed by atoms with E-state index in [9.17, 15) is 4.79 Å². The highest BCUT2D eigenvalue weighted by atomic mass is 16.1. The van der Waals surface area contributed by atoms with Crippen LogP contribution in [0, 0.1) is 5.92 Å². The molecule has 1 aliphatic carbocycles. The fourth-order valence-electron chi connectivity index (χ4n) is 2.59. The van der Waals surface area contributed by atoms with Gasteiger partial charge in [0.2, 0.25) is 5.91 Å². The lowest BCUT2D eigenvalue weighted by molar-refractivity contribution is -0.124. The zero-order chi connectivity index (χ0) is 12.4. The Morgan fingerprint density at radius 3 is 3.00 bits per heavy atom. The number of carbonyl (C=O) groups excluding carboxylic acids is 1. The molecule has 0 aliphatic heterocycles. The molecule has 1 aliphatic rings. The molecule has 2 aromatic rings. The normalized spacial score (nSPS) is 16.2. The second-order valence-corrected chi connectivity index (χ2v) is 4.90. The molecule has 0 saturated heterocycles. The van der Waals surface area contributed by atoms with Crippen LogP contribution in [0.3, 0.4) is 0 Å². The smallest absolute Gasteiger partial charge is 0.223 e. The highest BCUT2D eigenvalue weighted by Gasteiger charge is 2.22. The van der Waals surface area contributed by atoms with Gasteiger partial charge in [-0.15, -0.1) is 0 Å². The third kappa shape index (κ3) is 2.23. The largest absolute Gasteiger partial charge is 0.350 e. The van der Waals surface area contributed by atoms with Gasteiger partial charge in [-0.3, -0.25) is 4.79 Å². The van der Waals surface area contributed by atoms with Crippen molar-refractivity contribution in [2.75, 3.05) is 0 Å². The van der Waals surface area contributed by atoms with Crippen molar-refractivity contribution >= 4 is 11.4 Å². The Morgan fingerprint density at radius 2 is 2.22 bits per heavy atom. The van der Waals surface area contributed by atoms with Crippen molar-refractivity contribution in [3.05, 3.63) is 36.2 Å². The van der Waals surface area contributed by atoms with Gasteiger partial charge in [-0.1, -0.05) is 18.9 Å². The molecule has 18 heavy (non-hydrogen) atoms. The molecule has 1 amide bonds. The summed E-state index contributed by atoms with van der Waals surface area (Å²) in [5, 5.41) is 7.40. The summed E-state index contributed by atoms with van der Waals surface area (Å²) >= 11 is 0. The van der Waals surface area contributed by atoms with Gasteiger partial charge in [-0.05, 0) is 31.0 Å². The lowest BCUT2D eigenvalue weighted by Gasteiger charge is -2.08. The molecule has 0 aromatic carbocycles. The molecule has 1 saturated carbocycles. The first-order chi connectivity index (χ1) is 8.83. The van der Waals surface area contributed by atoms with E-state index in [1.165, 1.54) is 12.8 Å². The fourth-order valence-corrected chi connectivity index (χ4v) is 2.59. The molecule has 2 heterocycles. The molecular formula is C14H17N3O. The van der Waals surface area contributed by atoms with Crippen molar-refractivity contribution in [2.45, 2.75) is 32.2 Å². The van der Waals surface area contributed by atoms with Gasteiger partial charge in [0.25, 0.3) is 0 Å². The van der Waals surface area contributed by atoms with Crippen LogP contribution >= 0.6 is 0 Å². The zero-order valence-electron chi connectivity index (χ0n) is 10.3. The Bertz CT molecular complexity index is 522. The number of rotatable bonds is 3. The van der Waals surface area contributed by atoms with Gasteiger partial charge in [-0.25, -0.2) is 4.52 Å². The summed E-state index contributed by atoms with van der Waals surface area (Å²) in [4.78, 5) is 11.9. The van der Waals surface area contributed by atoms with Gasteiger partial charge in [0.15, 0.2) is 0 Å². The summed E-state index contributed by atoms with van der Waals surface area (Å²) in [6.07, 6.45) is 6.37. The zero-order valence-corrected chi connectivity index (χ0v) is 10.3.